The molecule has 0 spiro atoms. The van der Waals surface area contributed by atoms with Gasteiger partial charge in [-0.1, -0.05) is 29.3 Å². The Morgan fingerprint density at radius 3 is 2.63 bits per heavy atom. The second kappa shape index (κ2) is 5.91. The van der Waals surface area contributed by atoms with E-state index in [2.05, 4.69) is 15.6 Å². The molecule has 2 N–H and O–H groups in total. The second-order valence-electron chi connectivity index (χ2n) is 3.74. The summed E-state index contributed by atoms with van der Waals surface area (Å²) in [6, 6.07) is 8.44. The van der Waals surface area contributed by atoms with Crippen LogP contribution in [0.1, 0.15) is 10.4 Å². The first-order valence-electron chi connectivity index (χ1n) is 5.51. The van der Waals surface area contributed by atoms with Gasteiger partial charge in [0, 0.05) is 13.2 Å². The SMILES string of the molecule is CNc1ccc(C(=O)Nc2cccc(Cl)c2Cl)cn1. The molecule has 19 heavy (non-hydrogen) atoms. The minimum Gasteiger partial charge on any atom is -0.373 e. The lowest BCUT2D eigenvalue weighted by molar-refractivity contribution is 0.102. The van der Waals surface area contributed by atoms with Crippen LogP contribution in [0.2, 0.25) is 10.0 Å². The molecule has 0 bridgehead atoms. The maximum atomic E-state index is 12.0. The van der Waals surface area contributed by atoms with Gasteiger partial charge in [0.2, 0.25) is 0 Å². The van der Waals surface area contributed by atoms with Gasteiger partial charge < -0.3 is 10.6 Å². The van der Waals surface area contributed by atoms with Crippen LogP contribution in [0.4, 0.5) is 11.5 Å². The summed E-state index contributed by atoms with van der Waals surface area (Å²) in [5.74, 6) is 0.400. The van der Waals surface area contributed by atoms with Gasteiger partial charge in [-0.2, -0.15) is 0 Å². The van der Waals surface area contributed by atoms with Crippen molar-refractivity contribution in [3.8, 4) is 0 Å². The summed E-state index contributed by atoms with van der Waals surface area (Å²) in [5.41, 5.74) is 0.909. The zero-order valence-corrected chi connectivity index (χ0v) is 11.6. The van der Waals surface area contributed by atoms with Crippen molar-refractivity contribution in [1.82, 2.24) is 4.98 Å². The van der Waals surface area contributed by atoms with Crippen molar-refractivity contribution in [3.05, 3.63) is 52.1 Å². The number of nitrogens with one attached hydrogen (secondary N) is 2. The number of halogens is 2. The molecule has 1 aromatic heterocycles. The highest BCUT2D eigenvalue weighted by Gasteiger charge is 2.10. The highest BCUT2D eigenvalue weighted by Crippen LogP contribution is 2.29. The quantitative estimate of drug-likeness (QED) is 0.908. The Morgan fingerprint density at radius 2 is 2.00 bits per heavy atom. The van der Waals surface area contributed by atoms with Crippen LogP contribution < -0.4 is 10.6 Å². The Morgan fingerprint density at radius 1 is 1.21 bits per heavy atom. The lowest BCUT2D eigenvalue weighted by Crippen LogP contribution is -2.12. The number of rotatable bonds is 3. The predicted octanol–water partition coefficient (Wildman–Crippen LogP) is 3.68. The Kier molecular flexibility index (Phi) is 4.24. The topological polar surface area (TPSA) is 54.0 Å². The van der Waals surface area contributed by atoms with E-state index in [1.165, 1.54) is 6.20 Å². The average molecular weight is 296 g/mol. The molecule has 4 nitrogen and oxygen atoms in total. The van der Waals surface area contributed by atoms with E-state index in [0.29, 0.717) is 27.1 Å². The maximum Gasteiger partial charge on any atom is 0.257 e. The Labute approximate surface area is 120 Å². The van der Waals surface area contributed by atoms with Crippen molar-refractivity contribution in [2.45, 2.75) is 0 Å². The third-order valence-electron chi connectivity index (χ3n) is 2.48. The van der Waals surface area contributed by atoms with E-state index in [-0.39, 0.29) is 5.91 Å². The average Bonchev–Trinajstić information content (AvgIpc) is 2.44. The Hall–Kier alpha value is -1.78. The molecule has 0 unspecified atom stereocenters. The summed E-state index contributed by atoms with van der Waals surface area (Å²) < 4.78 is 0. The van der Waals surface area contributed by atoms with Gasteiger partial charge in [-0.25, -0.2) is 4.98 Å². The second-order valence-corrected chi connectivity index (χ2v) is 4.52. The van der Waals surface area contributed by atoms with Crippen molar-refractivity contribution in [2.24, 2.45) is 0 Å². The molecule has 0 saturated carbocycles. The fraction of sp³-hybridized carbons (Fsp3) is 0.0769. The third kappa shape index (κ3) is 3.16. The molecule has 2 aromatic rings. The monoisotopic (exact) mass is 295 g/mol. The number of amides is 1. The summed E-state index contributed by atoms with van der Waals surface area (Å²) >= 11 is 11.9. The van der Waals surface area contributed by atoms with Gasteiger partial charge in [-0.05, 0) is 24.3 Å². The zero-order chi connectivity index (χ0) is 13.8. The molecule has 98 valence electrons. The molecule has 0 atom stereocenters. The molecule has 0 radical (unpaired) electrons. The lowest BCUT2D eigenvalue weighted by Gasteiger charge is -2.08. The minimum atomic E-state index is -0.292. The predicted molar refractivity (Wildman–Crippen MR) is 78.2 cm³/mol. The number of hydrogen-bond donors (Lipinski definition) is 2. The number of carbonyl (C=O) groups is 1. The molecule has 1 amide bonds. The number of anilines is 2. The van der Waals surface area contributed by atoms with Crippen molar-refractivity contribution < 1.29 is 4.79 Å². The number of hydrogen-bond acceptors (Lipinski definition) is 3. The van der Waals surface area contributed by atoms with Gasteiger partial charge in [0.15, 0.2) is 0 Å². The van der Waals surface area contributed by atoms with Gasteiger partial charge >= 0.3 is 0 Å². The van der Waals surface area contributed by atoms with E-state index in [9.17, 15) is 4.79 Å². The smallest absolute Gasteiger partial charge is 0.257 e. The first-order chi connectivity index (χ1) is 9.11. The van der Waals surface area contributed by atoms with Gasteiger partial charge in [0.1, 0.15) is 5.82 Å². The van der Waals surface area contributed by atoms with Gasteiger partial charge in [-0.15, -0.1) is 0 Å². The Balaban J connectivity index is 2.18. The number of benzene rings is 1. The summed E-state index contributed by atoms with van der Waals surface area (Å²) in [6.07, 6.45) is 1.49. The number of carbonyl (C=O) groups excluding carboxylic acids is 1. The van der Waals surface area contributed by atoms with Crippen LogP contribution in [0.25, 0.3) is 0 Å². The Bertz CT molecular complexity index is 599. The van der Waals surface area contributed by atoms with E-state index < -0.39 is 0 Å². The van der Waals surface area contributed by atoms with Crippen LogP contribution in [-0.2, 0) is 0 Å². The molecular weight excluding hydrogens is 285 g/mol. The summed E-state index contributed by atoms with van der Waals surface area (Å²) in [4.78, 5) is 16.1. The normalized spacial score (nSPS) is 10.1. The minimum absolute atomic E-state index is 0.292. The molecule has 6 heteroatoms. The molecule has 0 aliphatic rings. The largest absolute Gasteiger partial charge is 0.373 e. The summed E-state index contributed by atoms with van der Waals surface area (Å²) in [5, 5.41) is 6.28. The first-order valence-corrected chi connectivity index (χ1v) is 6.26. The first kappa shape index (κ1) is 13.6. The van der Waals surface area contributed by atoms with E-state index in [1.807, 2.05) is 0 Å². The molecule has 0 saturated heterocycles. The fourth-order valence-electron chi connectivity index (χ4n) is 1.47. The van der Waals surface area contributed by atoms with Crippen LogP contribution in [0.3, 0.4) is 0 Å². The van der Waals surface area contributed by atoms with Crippen molar-refractivity contribution in [2.75, 3.05) is 17.7 Å². The zero-order valence-electron chi connectivity index (χ0n) is 10.1. The molecule has 1 heterocycles. The standard InChI is InChI=1S/C13H11Cl2N3O/c1-16-11-6-5-8(7-17-11)13(19)18-10-4-2-3-9(14)12(10)15/h2-7H,1H3,(H,16,17)(H,18,19). The van der Waals surface area contributed by atoms with Gasteiger partial charge in [0.25, 0.3) is 5.91 Å². The molecular formula is C13H11Cl2N3O. The van der Waals surface area contributed by atoms with Crippen LogP contribution >= 0.6 is 23.2 Å². The molecule has 0 fully saturated rings. The van der Waals surface area contributed by atoms with E-state index >= 15 is 0 Å². The highest BCUT2D eigenvalue weighted by molar-refractivity contribution is 6.44. The summed E-state index contributed by atoms with van der Waals surface area (Å²) in [6.45, 7) is 0. The fourth-order valence-corrected chi connectivity index (χ4v) is 1.82. The highest BCUT2D eigenvalue weighted by atomic mass is 35.5. The third-order valence-corrected chi connectivity index (χ3v) is 3.30. The van der Waals surface area contributed by atoms with E-state index in [4.69, 9.17) is 23.2 Å². The molecule has 0 aliphatic heterocycles. The van der Waals surface area contributed by atoms with Crippen LogP contribution in [-0.4, -0.2) is 17.9 Å². The van der Waals surface area contributed by atoms with Crippen molar-refractivity contribution in [3.63, 3.8) is 0 Å². The van der Waals surface area contributed by atoms with Crippen molar-refractivity contribution in [1.29, 1.82) is 0 Å². The number of pyridine rings is 1. The summed E-state index contributed by atoms with van der Waals surface area (Å²) in [7, 11) is 1.76. The van der Waals surface area contributed by atoms with Crippen molar-refractivity contribution >= 4 is 40.6 Å². The molecule has 2 rings (SSSR count). The van der Waals surface area contributed by atoms with Crippen LogP contribution in [0.5, 0.6) is 0 Å². The van der Waals surface area contributed by atoms with Gasteiger partial charge in [-0.3, -0.25) is 4.79 Å². The molecule has 1 aromatic carbocycles. The lowest BCUT2D eigenvalue weighted by atomic mass is 10.2. The number of nitrogens with zero attached hydrogens (tertiary/aromatic N) is 1. The maximum absolute atomic E-state index is 12.0. The van der Waals surface area contributed by atoms with E-state index in [0.717, 1.165) is 0 Å². The van der Waals surface area contributed by atoms with E-state index in [1.54, 1.807) is 37.4 Å². The van der Waals surface area contributed by atoms with Gasteiger partial charge in [0.05, 0.1) is 21.3 Å². The van der Waals surface area contributed by atoms with Crippen LogP contribution in [0.15, 0.2) is 36.5 Å². The molecule has 0 aliphatic carbocycles. The number of aromatic nitrogens is 1. The van der Waals surface area contributed by atoms with Crippen LogP contribution in [0, 0.1) is 0 Å².